The van der Waals surface area contributed by atoms with E-state index < -0.39 is 0 Å². The van der Waals surface area contributed by atoms with Crippen molar-refractivity contribution in [3.63, 3.8) is 0 Å². The minimum atomic E-state index is -0.240. The van der Waals surface area contributed by atoms with Crippen molar-refractivity contribution in [1.29, 1.82) is 0 Å². The Labute approximate surface area is 125 Å². The lowest BCUT2D eigenvalue weighted by molar-refractivity contribution is 0.0686. The summed E-state index contributed by atoms with van der Waals surface area (Å²) in [6.07, 6.45) is 1.73. The molecule has 4 N–H and O–H groups in total. The molecular weight excluding hydrogens is 272 g/mol. The molecule has 120 valence electrons. The molecule has 0 fully saturated rings. The molecule has 0 bridgehead atoms. The molecule has 0 saturated heterocycles. The van der Waals surface area contributed by atoms with E-state index in [0.29, 0.717) is 32.1 Å². The molecule has 0 aromatic carbocycles. The van der Waals surface area contributed by atoms with Crippen LogP contribution >= 0.6 is 0 Å². The molecule has 1 aromatic heterocycles. The molecule has 1 rings (SSSR count). The highest BCUT2D eigenvalue weighted by molar-refractivity contribution is 5.97. The second-order valence-corrected chi connectivity index (χ2v) is 5.12. The van der Waals surface area contributed by atoms with Crippen LogP contribution in [0.2, 0.25) is 0 Å². The molecule has 0 atom stereocenters. The van der Waals surface area contributed by atoms with Crippen molar-refractivity contribution in [2.75, 3.05) is 39.2 Å². The van der Waals surface area contributed by atoms with Gasteiger partial charge in [-0.25, -0.2) is 0 Å². The third-order valence-corrected chi connectivity index (χ3v) is 3.06. The van der Waals surface area contributed by atoms with Crippen LogP contribution in [0.15, 0.2) is 0 Å². The molecule has 7 heteroatoms. The number of ether oxygens (including phenoxy) is 2. The molecule has 0 radical (unpaired) electrons. The van der Waals surface area contributed by atoms with E-state index in [-0.39, 0.29) is 17.5 Å². The average Bonchev–Trinajstić information content (AvgIpc) is 2.83. The average molecular weight is 298 g/mol. The summed E-state index contributed by atoms with van der Waals surface area (Å²) in [5, 5.41) is 9.61. The minimum absolute atomic E-state index is 0.211. The van der Waals surface area contributed by atoms with E-state index in [4.69, 9.17) is 15.2 Å². The highest BCUT2D eigenvalue weighted by Crippen LogP contribution is 2.21. The smallest absolute Gasteiger partial charge is 0.273 e. The van der Waals surface area contributed by atoms with E-state index in [1.165, 1.54) is 0 Å². The Hall–Kier alpha value is -1.60. The number of unbranched alkanes of at least 4 members (excludes halogenated alkanes) is 1. The van der Waals surface area contributed by atoms with E-state index in [1.807, 2.05) is 13.8 Å². The first-order valence-corrected chi connectivity index (χ1v) is 7.26. The van der Waals surface area contributed by atoms with Crippen LogP contribution in [0.25, 0.3) is 0 Å². The van der Waals surface area contributed by atoms with Gasteiger partial charge in [0, 0.05) is 20.3 Å². The van der Waals surface area contributed by atoms with Crippen molar-refractivity contribution in [3.05, 3.63) is 11.4 Å². The number of aromatic nitrogens is 2. The number of H-pyrrole nitrogens is 1. The van der Waals surface area contributed by atoms with Crippen LogP contribution in [0.5, 0.6) is 0 Å². The quantitative estimate of drug-likeness (QED) is 0.565. The van der Waals surface area contributed by atoms with E-state index in [2.05, 4.69) is 15.5 Å². The molecule has 0 aliphatic heterocycles. The Balaban J connectivity index is 2.22. The van der Waals surface area contributed by atoms with Crippen LogP contribution in [-0.4, -0.2) is 49.6 Å². The predicted molar refractivity (Wildman–Crippen MR) is 81.4 cm³/mol. The lowest BCUT2D eigenvalue weighted by Gasteiger charge is -2.06. The summed E-state index contributed by atoms with van der Waals surface area (Å²) in [6, 6.07) is 0. The second kappa shape index (κ2) is 9.36. The second-order valence-electron chi connectivity index (χ2n) is 5.12. The van der Waals surface area contributed by atoms with E-state index in [9.17, 15) is 4.79 Å². The summed E-state index contributed by atoms with van der Waals surface area (Å²) in [5.74, 6) is -0.0285. The molecule has 0 aliphatic rings. The minimum Gasteiger partial charge on any atom is -0.395 e. The van der Waals surface area contributed by atoms with Gasteiger partial charge in [-0.15, -0.1) is 0 Å². The Morgan fingerprint density at radius 3 is 2.71 bits per heavy atom. The first-order chi connectivity index (χ1) is 10.1. The van der Waals surface area contributed by atoms with Crippen LogP contribution in [-0.2, 0) is 9.47 Å². The number of anilines is 1. The summed E-state index contributed by atoms with van der Waals surface area (Å²) in [6.45, 7) is 6.44. The molecular formula is C14H26N4O3. The molecule has 1 aromatic rings. The first-order valence-electron chi connectivity index (χ1n) is 7.26. The normalized spacial score (nSPS) is 11.0. The van der Waals surface area contributed by atoms with Crippen molar-refractivity contribution >= 4 is 11.6 Å². The third-order valence-electron chi connectivity index (χ3n) is 3.06. The van der Waals surface area contributed by atoms with Crippen molar-refractivity contribution < 1.29 is 14.3 Å². The van der Waals surface area contributed by atoms with Crippen LogP contribution in [0, 0.1) is 0 Å². The highest BCUT2D eigenvalue weighted by atomic mass is 16.5. The summed E-state index contributed by atoms with van der Waals surface area (Å²) in [4.78, 5) is 12.0. The zero-order valence-corrected chi connectivity index (χ0v) is 13.1. The maximum Gasteiger partial charge on any atom is 0.273 e. The zero-order chi connectivity index (χ0) is 15.7. The number of carbonyl (C=O) groups excluding carboxylic acids is 1. The largest absolute Gasteiger partial charge is 0.395 e. The standard InChI is InChI=1S/C14H26N4O3/c1-10(2)12-11(15)13(18-17-12)14(19)16-6-4-5-7-21-9-8-20-3/h10H,4-9,15H2,1-3H3,(H,16,19)(H,17,18). The van der Waals surface area contributed by atoms with Crippen molar-refractivity contribution in [3.8, 4) is 0 Å². The summed E-state index contributed by atoms with van der Waals surface area (Å²) in [7, 11) is 1.64. The van der Waals surface area contributed by atoms with Gasteiger partial charge in [0.25, 0.3) is 5.91 Å². The number of carbonyl (C=O) groups is 1. The van der Waals surface area contributed by atoms with Gasteiger partial charge in [0.05, 0.1) is 24.6 Å². The van der Waals surface area contributed by atoms with Gasteiger partial charge in [-0.05, 0) is 18.8 Å². The number of nitrogens with two attached hydrogens (primary N) is 1. The molecule has 1 amide bonds. The fraction of sp³-hybridized carbons (Fsp3) is 0.714. The lowest BCUT2D eigenvalue weighted by atomic mass is 10.1. The maximum absolute atomic E-state index is 12.0. The van der Waals surface area contributed by atoms with E-state index >= 15 is 0 Å². The van der Waals surface area contributed by atoms with E-state index in [1.54, 1.807) is 7.11 Å². The SMILES string of the molecule is COCCOCCCCNC(=O)c1n[nH]c(C(C)C)c1N. The molecule has 1 heterocycles. The molecule has 0 unspecified atom stereocenters. The number of rotatable bonds is 10. The van der Waals surface area contributed by atoms with Crippen LogP contribution in [0.4, 0.5) is 5.69 Å². The van der Waals surface area contributed by atoms with Gasteiger partial charge in [-0.1, -0.05) is 13.8 Å². The van der Waals surface area contributed by atoms with Crippen LogP contribution in [0.3, 0.4) is 0 Å². The zero-order valence-electron chi connectivity index (χ0n) is 13.1. The molecule has 0 spiro atoms. The third kappa shape index (κ3) is 5.73. The number of amides is 1. The van der Waals surface area contributed by atoms with Gasteiger partial charge in [0.2, 0.25) is 0 Å². The van der Waals surface area contributed by atoms with Gasteiger partial charge in [0.15, 0.2) is 5.69 Å². The monoisotopic (exact) mass is 298 g/mol. The number of hydrogen-bond donors (Lipinski definition) is 3. The van der Waals surface area contributed by atoms with Crippen LogP contribution < -0.4 is 11.1 Å². The summed E-state index contributed by atoms with van der Waals surface area (Å²) in [5.41, 5.74) is 7.42. The van der Waals surface area contributed by atoms with Crippen LogP contribution in [0.1, 0.15) is 48.8 Å². The van der Waals surface area contributed by atoms with Gasteiger partial charge >= 0.3 is 0 Å². The molecule has 21 heavy (non-hydrogen) atoms. The Kier molecular flexibility index (Phi) is 7.78. The van der Waals surface area contributed by atoms with Gasteiger partial charge in [-0.2, -0.15) is 5.10 Å². The molecule has 7 nitrogen and oxygen atoms in total. The first kappa shape index (κ1) is 17.5. The van der Waals surface area contributed by atoms with Crippen molar-refractivity contribution in [2.45, 2.75) is 32.6 Å². The topological polar surface area (TPSA) is 102 Å². The number of hydrogen-bond acceptors (Lipinski definition) is 5. The fourth-order valence-electron chi connectivity index (χ4n) is 1.84. The predicted octanol–water partition coefficient (Wildman–Crippen LogP) is 1.29. The lowest BCUT2D eigenvalue weighted by Crippen LogP contribution is -2.25. The Morgan fingerprint density at radius 1 is 1.33 bits per heavy atom. The number of aromatic amines is 1. The van der Waals surface area contributed by atoms with E-state index in [0.717, 1.165) is 18.5 Å². The number of nitrogens with zero attached hydrogens (tertiary/aromatic N) is 1. The number of methoxy groups -OCH3 is 1. The maximum atomic E-state index is 12.0. The summed E-state index contributed by atoms with van der Waals surface area (Å²) >= 11 is 0. The summed E-state index contributed by atoms with van der Waals surface area (Å²) < 4.78 is 10.2. The number of nitrogen functional groups attached to an aromatic ring is 1. The molecule has 0 saturated carbocycles. The van der Waals surface area contributed by atoms with Crippen molar-refractivity contribution in [2.24, 2.45) is 0 Å². The molecule has 0 aliphatic carbocycles. The Bertz CT molecular complexity index is 432. The Morgan fingerprint density at radius 2 is 2.10 bits per heavy atom. The highest BCUT2D eigenvalue weighted by Gasteiger charge is 2.18. The van der Waals surface area contributed by atoms with Gasteiger partial charge < -0.3 is 20.5 Å². The fourth-order valence-corrected chi connectivity index (χ4v) is 1.84. The van der Waals surface area contributed by atoms with Gasteiger partial charge in [-0.3, -0.25) is 9.89 Å². The number of nitrogens with one attached hydrogen (secondary N) is 2. The van der Waals surface area contributed by atoms with Crippen molar-refractivity contribution in [1.82, 2.24) is 15.5 Å². The van der Waals surface area contributed by atoms with Gasteiger partial charge in [0.1, 0.15) is 0 Å².